The number of rotatable bonds is 6. The average Bonchev–Trinajstić information content (AvgIpc) is 2.74. The fraction of sp³-hybridized carbons (Fsp3) is 0.480. The smallest absolute Gasteiger partial charge is 0.410 e. The largest absolute Gasteiger partial charge is 0.496 e. The summed E-state index contributed by atoms with van der Waals surface area (Å²) in [6.45, 7) is 10.5. The summed E-state index contributed by atoms with van der Waals surface area (Å²) in [5.41, 5.74) is 2.24. The molecule has 2 aromatic rings. The number of nitrogens with zero attached hydrogens (tertiary/aromatic N) is 2. The summed E-state index contributed by atoms with van der Waals surface area (Å²) in [5, 5.41) is 11.1. The fourth-order valence-electron chi connectivity index (χ4n) is 4.12. The van der Waals surface area contributed by atoms with Crippen molar-refractivity contribution in [3.63, 3.8) is 0 Å². The second kappa shape index (κ2) is 9.68. The van der Waals surface area contributed by atoms with E-state index in [0.717, 1.165) is 11.1 Å². The Morgan fingerprint density at radius 1 is 1.21 bits per heavy atom. The third-order valence-electron chi connectivity index (χ3n) is 5.52. The van der Waals surface area contributed by atoms with Gasteiger partial charge in [0.2, 0.25) is 0 Å². The van der Waals surface area contributed by atoms with Crippen LogP contribution in [0.3, 0.4) is 0 Å². The molecule has 8 heteroatoms. The van der Waals surface area contributed by atoms with Crippen LogP contribution in [-0.4, -0.2) is 35.2 Å². The number of methoxy groups -OCH3 is 1. The lowest BCUT2D eigenvalue weighted by molar-refractivity contribution is -0.385. The molecule has 0 aliphatic carbocycles. The Morgan fingerprint density at radius 3 is 2.55 bits per heavy atom. The van der Waals surface area contributed by atoms with Crippen LogP contribution in [0.2, 0.25) is 0 Å². The molecule has 1 heterocycles. The number of non-ortho nitro benzene ring substituents is 1. The van der Waals surface area contributed by atoms with Crippen LogP contribution in [0, 0.1) is 16.0 Å². The fourth-order valence-corrected chi connectivity index (χ4v) is 4.12. The maximum atomic E-state index is 12.8. The summed E-state index contributed by atoms with van der Waals surface area (Å²) < 4.78 is 16.9. The van der Waals surface area contributed by atoms with Crippen molar-refractivity contribution in [2.75, 3.05) is 13.7 Å². The van der Waals surface area contributed by atoms with Crippen molar-refractivity contribution in [1.82, 2.24) is 4.90 Å². The van der Waals surface area contributed by atoms with E-state index in [0.29, 0.717) is 30.0 Å². The standard InChI is InChI=1S/C25H32N2O6/c1-16(2)23-21-9-8-20(14-17(21)11-12-26(23)24(28)33-25(3,4)5)32-15-18-13-19(27(29)30)7-10-22(18)31-6/h7-10,13-14,16,23H,11-12,15H2,1-6H3/t23-/m0/s1. The molecule has 1 amide bonds. The molecule has 0 fully saturated rings. The molecular weight excluding hydrogens is 424 g/mol. The van der Waals surface area contributed by atoms with Crippen LogP contribution in [-0.2, 0) is 17.8 Å². The number of ether oxygens (including phenoxy) is 3. The van der Waals surface area contributed by atoms with E-state index >= 15 is 0 Å². The van der Waals surface area contributed by atoms with Crippen molar-refractivity contribution in [3.8, 4) is 11.5 Å². The molecule has 1 aliphatic heterocycles. The SMILES string of the molecule is COc1ccc([N+](=O)[O-])cc1COc1ccc2c(c1)CCN(C(=O)OC(C)(C)C)[C@H]2C(C)C. The number of nitro benzene ring substituents is 1. The predicted octanol–water partition coefficient (Wildman–Crippen LogP) is 5.67. The van der Waals surface area contributed by atoms with E-state index in [1.165, 1.54) is 19.2 Å². The van der Waals surface area contributed by atoms with Gasteiger partial charge < -0.3 is 19.1 Å². The minimum Gasteiger partial charge on any atom is -0.496 e. The first-order chi connectivity index (χ1) is 15.5. The lowest BCUT2D eigenvalue weighted by atomic mass is 9.86. The van der Waals surface area contributed by atoms with Crippen LogP contribution in [0.4, 0.5) is 10.5 Å². The summed E-state index contributed by atoms with van der Waals surface area (Å²) in [7, 11) is 1.52. The molecule has 0 saturated carbocycles. The predicted molar refractivity (Wildman–Crippen MR) is 125 cm³/mol. The lowest BCUT2D eigenvalue weighted by Gasteiger charge is -2.40. The van der Waals surface area contributed by atoms with Gasteiger partial charge in [0.15, 0.2) is 0 Å². The molecule has 1 aliphatic rings. The first-order valence-electron chi connectivity index (χ1n) is 11.1. The Labute approximate surface area is 194 Å². The van der Waals surface area contributed by atoms with E-state index < -0.39 is 10.5 Å². The number of amides is 1. The molecular formula is C25H32N2O6. The average molecular weight is 457 g/mol. The molecule has 1 atom stereocenters. The Morgan fingerprint density at radius 2 is 1.94 bits per heavy atom. The second-order valence-corrected chi connectivity index (χ2v) is 9.52. The maximum Gasteiger partial charge on any atom is 0.410 e. The van der Waals surface area contributed by atoms with Gasteiger partial charge in [0.1, 0.15) is 23.7 Å². The Bertz CT molecular complexity index is 1030. The van der Waals surface area contributed by atoms with Gasteiger partial charge in [-0.3, -0.25) is 10.1 Å². The first kappa shape index (κ1) is 24.4. The number of nitro groups is 1. The van der Waals surface area contributed by atoms with Gasteiger partial charge in [-0.1, -0.05) is 19.9 Å². The highest BCUT2D eigenvalue weighted by atomic mass is 16.6. The van der Waals surface area contributed by atoms with E-state index in [-0.39, 0.29) is 30.3 Å². The molecule has 3 rings (SSSR count). The minimum atomic E-state index is -0.551. The van der Waals surface area contributed by atoms with E-state index in [9.17, 15) is 14.9 Å². The van der Waals surface area contributed by atoms with E-state index in [1.807, 2.05) is 43.9 Å². The first-order valence-corrected chi connectivity index (χ1v) is 11.1. The molecule has 0 spiro atoms. The normalized spacial score (nSPS) is 15.7. The molecule has 0 radical (unpaired) electrons. The van der Waals surface area contributed by atoms with Crippen LogP contribution >= 0.6 is 0 Å². The van der Waals surface area contributed by atoms with Crippen LogP contribution in [0.25, 0.3) is 0 Å². The molecule has 178 valence electrons. The molecule has 0 unspecified atom stereocenters. The molecule has 33 heavy (non-hydrogen) atoms. The zero-order chi connectivity index (χ0) is 24.3. The number of hydrogen-bond acceptors (Lipinski definition) is 6. The number of carbonyl (C=O) groups excluding carboxylic acids is 1. The van der Waals surface area contributed by atoms with Crippen molar-refractivity contribution < 1.29 is 23.9 Å². The van der Waals surface area contributed by atoms with Crippen molar-refractivity contribution >= 4 is 11.8 Å². The van der Waals surface area contributed by atoms with Gasteiger partial charge in [-0.25, -0.2) is 4.79 Å². The van der Waals surface area contributed by atoms with Gasteiger partial charge >= 0.3 is 6.09 Å². The van der Waals surface area contributed by atoms with Gasteiger partial charge in [-0.15, -0.1) is 0 Å². The number of hydrogen-bond donors (Lipinski definition) is 0. The third kappa shape index (κ3) is 5.74. The van der Waals surface area contributed by atoms with E-state index in [1.54, 1.807) is 6.07 Å². The summed E-state index contributed by atoms with van der Waals surface area (Å²) in [5.74, 6) is 1.40. The summed E-state index contributed by atoms with van der Waals surface area (Å²) in [6.07, 6.45) is 0.389. The van der Waals surface area contributed by atoms with Crippen LogP contribution in [0.15, 0.2) is 36.4 Å². The molecule has 2 aromatic carbocycles. The third-order valence-corrected chi connectivity index (χ3v) is 5.52. The zero-order valence-electron chi connectivity index (χ0n) is 20.1. The highest BCUT2D eigenvalue weighted by Gasteiger charge is 2.35. The van der Waals surface area contributed by atoms with Gasteiger partial charge in [-0.05, 0) is 62.4 Å². The Hall–Kier alpha value is -3.29. The van der Waals surface area contributed by atoms with Crippen LogP contribution < -0.4 is 9.47 Å². The minimum absolute atomic E-state index is 0.0122. The summed E-state index contributed by atoms with van der Waals surface area (Å²) in [4.78, 5) is 25.3. The number of carbonyl (C=O) groups is 1. The zero-order valence-corrected chi connectivity index (χ0v) is 20.1. The van der Waals surface area contributed by atoms with Crippen molar-refractivity contribution in [2.45, 2.75) is 59.3 Å². The Balaban J connectivity index is 1.81. The molecule has 8 nitrogen and oxygen atoms in total. The van der Waals surface area contributed by atoms with Gasteiger partial charge in [-0.2, -0.15) is 0 Å². The second-order valence-electron chi connectivity index (χ2n) is 9.52. The monoisotopic (exact) mass is 456 g/mol. The van der Waals surface area contributed by atoms with Crippen LogP contribution in [0.1, 0.15) is 57.4 Å². The quantitative estimate of drug-likeness (QED) is 0.411. The number of benzene rings is 2. The van der Waals surface area contributed by atoms with Gasteiger partial charge in [0.05, 0.1) is 18.1 Å². The van der Waals surface area contributed by atoms with Crippen molar-refractivity contribution in [2.24, 2.45) is 5.92 Å². The Kier molecular flexibility index (Phi) is 7.15. The topological polar surface area (TPSA) is 91.1 Å². The highest BCUT2D eigenvalue weighted by Crippen LogP contribution is 2.38. The highest BCUT2D eigenvalue weighted by molar-refractivity contribution is 5.69. The maximum absolute atomic E-state index is 12.8. The van der Waals surface area contributed by atoms with Crippen LogP contribution in [0.5, 0.6) is 11.5 Å². The van der Waals surface area contributed by atoms with Gasteiger partial charge in [0.25, 0.3) is 5.69 Å². The van der Waals surface area contributed by atoms with Crippen molar-refractivity contribution in [3.05, 3.63) is 63.2 Å². The summed E-state index contributed by atoms with van der Waals surface area (Å²) >= 11 is 0. The number of fused-ring (bicyclic) bond motifs is 1. The lowest BCUT2D eigenvalue weighted by Crippen LogP contribution is -2.44. The van der Waals surface area contributed by atoms with Crippen molar-refractivity contribution in [1.29, 1.82) is 0 Å². The van der Waals surface area contributed by atoms with Gasteiger partial charge in [0, 0.05) is 24.2 Å². The molecule has 0 bridgehead atoms. The van der Waals surface area contributed by atoms with E-state index in [2.05, 4.69) is 13.8 Å². The molecule has 0 N–H and O–H groups in total. The van der Waals surface area contributed by atoms with E-state index in [4.69, 9.17) is 14.2 Å². The molecule has 0 aromatic heterocycles. The summed E-state index contributed by atoms with van der Waals surface area (Å²) in [6, 6.07) is 10.2. The molecule has 0 saturated heterocycles.